The Morgan fingerprint density at radius 3 is 2.37 bits per heavy atom. The highest BCUT2D eigenvalue weighted by Crippen LogP contribution is 2.26. The first-order valence-electron chi connectivity index (χ1n) is 10.0. The Morgan fingerprint density at radius 2 is 1.63 bits per heavy atom. The number of amides is 1. The average molecular weight is 403 g/mol. The van der Waals surface area contributed by atoms with Gasteiger partial charge >= 0.3 is 0 Å². The third kappa shape index (κ3) is 4.40. The maximum absolute atomic E-state index is 13.9. The molecule has 0 atom stereocenters. The molecule has 0 spiro atoms. The van der Waals surface area contributed by atoms with Gasteiger partial charge in [0, 0.05) is 30.6 Å². The van der Waals surface area contributed by atoms with Crippen molar-refractivity contribution in [3.05, 3.63) is 89.9 Å². The Balaban J connectivity index is 1.34. The number of halogens is 1. The number of benzene rings is 2. The highest BCUT2D eigenvalue weighted by Gasteiger charge is 2.27. The van der Waals surface area contributed by atoms with E-state index in [1.165, 1.54) is 12.1 Å². The van der Waals surface area contributed by atoms with E-state index in [9.17, 15) is 14.0 Å². The zero-order chi connectivity index (χ0) is 20.9. The van der Waals surface area contributed by atoms with Crippen LogP contribution in [0.15, 0.2) is 77.2 Å². The molecule has 2 aromatic carbocycles. The number of hydrogen-bond acceptors (Lipinski definition) is 3. The van der Waals surface area contributed by atoms with Crippen LogP contribution in [-0.4, -0.2) is 29.7 Å². The molecule has 1 aliphatic heterocycles. The van der Waals surface area contributed by atoms with Crippen LogP contribution in [-0.2, 0) is 4.79 Å². The molecule has 0 radical (unpaired) electrons. The number of carbonyl (C=O) groups is 2. The van der Waals surface area contributed by atoms with E-state index in [0.29, 0.717) is 43.0 Å². The summed E-state index contributed by atoms with van der Waals surface area (Å²) >= 11 is 0. The molecule has 0 bridgehead atoms. The Bertz CT molecular complexity index is 1060. The molecule has 5 heteroatoms. The van der Waals surface area contributed by atoms with Crippen LogP contribution in [0.3, 0.4) is 0 Å². The molecule has 30 heavy (non-hydrogen) atoms. The highest BCUT2D eigenvalue weighted by atomic mass is 19.1. The second-order valence-corrected chi connectivity index (χ2v) is 7.35. The highest BCUT2D eigenvalue weighted by molar-refractivity contribution is 5.98. The van der Waals surface area contributed by atoms with Crippen LogP contribution < -0.4 is 0 Å². The van der Waals surface area contributed by atoms with E-state index in [2.05, 4.69) is 0 Å². The van der Waals surface area contributed by atoms with Gasteiger partial charge in [0.25, 0.3) is 0 Å². The normalized spacial score (nSPS) is 14.9. The minimum atomic E-state index is -0.355. The predicted octanol–water partition coefficient (Wildman–Crippen LogP) is 5.22. The molecule has 0 N–H and O–H groups in total. The van der Waals surface area contributed by atoms with Gasteiger partial charge in [0.15, 0.2) is 5.78 Å². The van der Waals surface area contributed by atoms with Gasteiger partial charge in [0.2, 0.25) is 5.91 Å². The smallest absolute Gasteiger partial charge is 0.246 e. The van der Waals surface area contributed by atoms with Gasteiger partial charge in [-0.25, -0.2) is 4.39 Å². The maximum Gasteiger partial charge on any atom is 0.246 e. The summed E-state index contributed by atoms with van der Waals surface area (Å²) in [7, 11) is 0. The van der Waals surface area contributed by atoms with Gasteiger partial charge in [-0.3, -0.25) is 9.59 Å². The lowest BCUT2D eigenvalue weighted by Gasteiger charge is -2.30. The Morgan fingerprint density at radius 1 is 0.933 bits per heavy atom. The summed E-state index contributed by atoms with van der Waals surface area (Å²) in [6.07, 6.45) is 4.37. The van der Waals surface area contributed by atoms with Crippen molar-refractivity contribution in [3.8, 4) is 11.3 Å². The van der Waals surface area contributed by atoms with Gasteiger partial charge in [0.1, 0.15) is 17.3 Å². The van der Waals surface area contributed by atoms with Crippen LogP contribution in [0.5, 0.6) is 0 Å². The molecule has 2 heterocycles. The molecule has 1 aromatic heterocycles. The van der Waals surface area contributed by atoms with Crippen molar-refractivity contribution >= 4 is 17.8 Å². The first kappa shape index (κ1) is 19.8. The van der Waals surface area contributed by atoms with Gasteiger partial charge in [-0.1, -0.05) is 42.5 Å². The largest absolute Gasteiger partial charge is 0.457 e. The standard InChI is InChI=1S/C25H22FNO3/c26-22-9-5-4-8-21(22)23-12-10-20(30-23)11-13-24(28)27-16-14-19(15-17-27)25(29)18-6-2-1-3-7-18/h1-13,19H,14-17H2/b13-11+. The molecule has 1 aliphatic rings. The number of nitrogens with zero attached hydrogens (tertiary/aromatic N) is 1. The minimum Gasteiger partial charge on any atom is -0.457 e. The summed E-state index contributed by atoms with van der Waals surface area (Å²) in [4.78, 5) is 26.8. The number of ketones is 1. The molecule has 1 fully saturated rings. The number of carbonyl (C=O) groups excluding carboxylic acids is 2. The summed E-state index contributed by atoms with van der Waals surface area (Å²) in [5, 5.41) is 0. The molecule has 4 rings (SSSR count). The fraction of sp³-hybridized carbons (Fsp3) is 0.200. The first-order valence-corrected chi connectivity index (χ1v) is 10.0. The van der Waals surface area contributed by atoms with Crippen LogP contribution in [0.25, 0.3) is 17.4 Å². The van der Waals surface area contributed by atoms with Crippen molar-refractivity contribution in [1.29, 1.82) is 0 Å². The van der Waals surface area contributed by atoms with Crippen molar-refractivity contribution in [2.45, 2.75) is 12.8 Å². The van der Waals surface area contributed by atoms with E-state index in [-0.39, 0.29) is 23.4 Å². The molecule has 3 aromatic rings. The summed E-state index contributed by atoms with van der Waals surface area (Å²) in [6.45, 7) is 1.09. The predicted molar refractivity (Wildman–Crippen MR) is 113 cm³/mol. The van der Waals surface area contributed by atoms with Crippen molar-refractivity contribution in [3.63, 3.8) is 0 Å². The first-order chi connectivity index (χ1) is 14.6. The maximum atomic E-state index is 13.9. The quantitative estimate of drug-likeness (QED) is 0.433. The lowest BCUT2D eigenvalue weighted by atomic mass is 9.89. The number of Topliss-reactive ketones (excluding diaryl/α,β-unsaturated/α-hetero) is 1. The zero-order valence-corrected chi connectivity index (χ0v) is 16.5. The van der Waals surface area contributed by atoms with E-state index in [1.807, 2.05) is 30.3 Å². The van der Waals surface area contributed by atoms with E-state index in [4.69, 9.17) is 4.42 Å². The monoisotopic (exact) mass is 403 g/mol. The molecule has 4 nitrogen and oxygen atoms in total. The van der Waals surface area contributed by atoms with Gasteiger partial charge in [0.05, 0.1) is 5.56 Å². The third-order valence-corrected chi connectivity index (χ3v) is 5.39. The summed E-state index contributed by atoms with van der Waals surface area (Å²) in [6, 6.07) is 19.1. The van der Waals surface area contributed by atoms with Crippen LogP contribution >= 0.6 is 0 Å². The zero-order valence-electron chi connectivity index (χ0n) is 16.5. The van der Waals surface area contributed by atoms with Gasteiger partial charge < -0.3 is 9.32 Å². The Kier molecular flexibility index (Phi) is 5.89. The lowest BCUT2D eigenvalue weighted by Crippen LogP contribution is -2.39. The molecular weight excluding hydrogens is 381 g/mol. The van der Waals surface area contributed by atoms with Crippen LogP contribution in [0.2, 0.25) is 0 Å². The summed E-state index contributed by atoms with van der Waals surface area (Å²) < 4.78 is 19.5. The van der Waals surface area contributed by atoms with Crippen molar-refractivity contribution in [1.82, 2.24) is 4.90 Å². The number of hydrogen-bond donors (Lipinski definition) is 0. The van der Waals surface area contributed by atoms with Crippen LogP contribution in [0.1, 0.15) is 29.0 Å². The molecule has 1 saturated heterocycles. The van der Waals surface area contributed by atoms with Crippen LogP contribution in [0.4, 0.5) is 4.39 Å². The molecule has 0 unspecified atom stereocenters. The summed E-state index contributed by atoms with van der Waals surface area (Å²) in [5.74, 6) is 0.523. The molecule has 1 amide bonds. The number of likely N-dealkylation sites (tertiary alicyclic amines) is 1. The van der Waals surface area contributed by atoms with Crippen LogP contribution in [0, 0.1) is 11.7 Å². The van der Waals surface area contributed by atoms with E-state index in [0.717, 1.165) is 5.56 Å². The summed E-state index contributed by atoms with van der Waals surface area (Å²) in [5.41, 5.74) is 1.11. The van der Waals surface area contributed by atoms with E-state index < -0.39 is 0 Å². The van der Waals surface area contributed by atoms with Crippen molar-refractivity contribution < 1.29 is 18.4 Å². The fourth-order valence-corrected chi connectivity index (χ4v) is 3.71. The lowest BCUT2D eigenvalue weighted by molar-refractivity contribution is -0.127. The van der Waals surface area contributed by atoms with Crippen molar-refractivity contribution in [2.75, 3.05) is 13.1 Å². The molecule has 0 saturated carbocycles. The fourth-order valence-electron chi connectivity index (χ4n) is 3.71. The number of rotatable bonds is 5. The second kappa shape index (κ2) is 8.91. The second-order valence-electron chi connectivity index (χ2n) is 7.35. The molecular formula is C25H22FNO3. The topological polar surface area (TPSA) is 50.5 Å². The number of piperidine rings is 1. The van der Waals surface area contributed by atoms with Crippen molar-refractivity contribution in [2.24, 2.45) is 5.92 Å². The molecule has 152 valence electrons. The SMILES string of the molecule is O=C(c1ccccc1)C1CCN(C(=O)/C=C/c2ccc(-c3ccccc3F)o2)CC1. The average Bonchev–Trinajstić information content (AvgIpc) is 3.27. The van der Waals surface area contributed by atoms with Gasteiger partial charge in [-0.2, -0.15) is 0 Å². The van der Waals surface area contributed by atoms with E-state index >= 15 is 0 Å². The van der Waals surface area contributed by atoms with Gasteiger partial charge in [-0.05, 0) is 43.2 Å². The van der Waals surface area contributed by atoms with Gasteiger partial charge in [-0.15, -0.1) is 0 Å². The Hall–Kier alpha value is -3.47. The van der Waals surface area contributed by atoms with E-state index in [1.54, 1.807) is 41.3 Å². The minimum absolute atomic E-state index is 0.0474. The molecule has 0 aliphatic carbocycles. The number of furan rings is 1. The third-order valence-electron chi connectivity index (χ3n) is 5.39. The Labute approximate surface area is 174 Å².